The Labute approximate surface area is 108 Å². The summed E-state index contributed by atoms with van der Waals surface area (Å²) in [7, 11) is 0. The van der Waals surface area contributed by atoms with Crippen LogP contribution in [0.2, 0.25) is 5.02 Å². The van der Waals surface area contributed by atoms with Crippen LogP contribution in [0.3, 0.4) is 0 Å². The van der Waals surface area contributed by atoms with Crippen molar-refractivity contribution in [3.8, 4) is 11.5 Å². The molecular weight excluding hydrogens is 250 g/mol. The van der Waals surface area contributed by atoms with Gasteiger partial charge in [-0.3, -0.25) is 10.8 Å². The Morgan fingerprint density at radius 2 is 2.06 bits per heavy atom. The fourth-order valence-corrected chi connectivity index (χ4v) is 1.98. The zero-order valence-electron chi connectivity index (χ0n) is 9.35. The van der Waals surface area contributed by atoms with E-state index < -0.39 is 0 Å². The summed E-state index contributed by atoms with van der Waals surface area (Å²) in [5, 5.41) is 1.63. The number of fused-ring (bicyclic) bond motifs is 1. The van der Waals surface area contributed by atoms with Crippen LogP contribution in [0.25, 0.3) is 22.4 Å². The van der Waals surface area contributed by atoms with Crippen LogP contribution in [0.1, 0.15) is 0 Å². The molecule has 3 N–H and O–H groups in total. The normalized spacial score (nSPS) is 10.8. The smallest absolute Gasteiger partial charge is 0.153 e. The van der Waals surface area contributed by atoms with Gasteiger partial charge in [0.25, 0.3) is 0 Å². The number of nitrogens with two attached hydrogens (primary N) is 1. The average molecular weight is 260 g/mol. The van der Waals surface area contributed by atoms with Gasteiger partial charge in [-0.2, -0.15) is 0 Å². The van der Waals surface area contributed by atoms with E-state index >= 15 is 0 Å². The topological polar surface area (TPSA) is 64.1 Å². The molecule has 0 amide bonds. The van der Waals surface area contributed by atoms with Gasteiger partial charge in [-0.15, -0.1) is 0 Å². The zero-order valence-corrected chi connectivity index (χ0v) is 10.1. The maximum atomic E-state index is 5.94. The fraction of sp³-hybridized carbons (Fsp3) is 0. The quantitative estimate of drug-likeness (QED) is 0.547. The van der Waals surface area contributed by atoms with E-state index in [-0.39, 0.29) is 0 Å². The van der Waals surface area contributed by atoms with E-state index in [1.807, 2.05) is 24.3 Å². The standard InChI is InChI=1S/C13H10ClN3O/c14-9-1-2-12-8(5-9)6-13(18-12)11-7-10(17-15)3-4-16-11/h1-7H,15H2,(H,16,17). The van der Waals surface area contributed by atoms with Crippen molar-refractivity contribution in [3.05, 3.63) is 47.6 Å². The first-order valence-corrected chi connectivity index (χ1v) is 5.76. The number of hydrogen-bond acceptors (Lipinski definition) is 4. The Balaban J connectivity index is 2.13. The lowest BCUT2D eigenvalue weighted by atomic mass is 10.2. The van der Waals surface area contributed by atoms with Crippen LogP contribution < -0.4 is 11.3 Å². The number of hydrazine groups is 1. The van der Waals surface area contributed by atoms with E-state index in [0.29, 0.717) is 10.8 Å². The maximum Gasteiger partial charge on any atom is 0.153 e. The van der Waals surface area contributed by atoms with Gasteiger partial charge in [-0.05, 0) is 36.4 Å². The van der Waals surface area contributed by atoms with Gasteiger partial charge in [0.05, 0.1) is 5.69 Å². The van der Waals surface area contributed by atoms with Crippen molar-refractivity contribution in [1.29, 1.82) is 0 Å². The summed E-state index contributed by atoms with van der Waals surface area (Å²) in [5.74, 6) is 6.05. The Bertz CT molecular complexity index is 708. The molecule has 2 aromatic heterocycles. The molecule has 0 unspecified atom stereocenters. The van der Waals surface area contributed by atoms with Crippen LogP contribution in [-0.2, 0) is 0 Å². The van der Waals surface area contributed by atoms with Crippen LogP contribution in [0, 0.1) is 0 Å². The highest BCUT2D eigenvalue weighted by Crippen LogP contribution is 2.29. The van der Waals surface area contributed by atoms with Crippen LogP contribution in [0.4, 0.5) is 5.69 Å². The van der Waals surface area contributed by atoms with Crippen molar-refractivity contribution in [2.45, 2.75) is 0 Å². The van der Waals surface area contributed by atoms with E-state index in [1.54, 1.807) is 18.3 Å². The maximum absolute atomic E-state index is 5.94. The number of nitrogen functional groups attached to an aromatic ring is 1. The summed E-state index contributed by atoms with van der Waals surface area (Å²) in [6.07, 6.45) is 1.67. The van der Waals surface area contributed by atoms with E-state index in [4.69, 9.17) is 21.9 Å². The van der Waals surface area contributed by atoms with Gasteiger partial charge in [0.1, 0.15) is 11.3 Å². The molecule has 1 aromatic carbocycles. The number of benzene rings is 1. The van der Waals surface area contributed by atoms with Crippen molar-refractivity contribution in [1.82, 2.24) is 4.98 Å². The minimum Gasteiger partial charge on any atom is -0.454 e. The molecule has 0 spiro atoms. The molecule has 0 fully saturated rings. The monoisotopic (exact) mass is 259 g/mol. The Morgan fingerprint density at radius 3 is 2.89 bits per heavy atom. The van der Waals surface area contributed by atoms with Gasteiger partial charge in [0, 0.05) is 16.6 Å². The second kappa shape index (κ2) is 4.33. The number of rotatable bonds is 2. The summed E-state index contributed by atoms with van der Waals surface area (Å²) in [5.41, 5.74) is 4.85. The Morgan fingerprint density at radius 1 is 1.17 bits per heavy atom. The average Bonchev–Trinajstić information content (AvgIpc) is 2.81. The molecule has 0 saturated carbocycles. The SMILES string of the molecule is NNc1ccnc(-c2cc3cc(Cl)ccc3o2)c1. The van der Waals surface area contributed by atoms with Crippen LogP contribution in [0.5, 0.6) is 0 Å². The van der Waals surface area contributed by atoms with Gasteiger partial charge in [-0.1, -0.05) is 11.6 Å². The molecule has 0 aliphatic carbocycles. The second-order valence-electron chi connectivity index (χ2n) is 3.87. The Hall–Kier alpha value is -2.04. The minimum absolute atomic E-state index is 0.681. The number of furan rings is 1. The predicted molar refractivity (Wildman–Crippen MR) is 72.3 cm³/mol. The summed E-state index contributed by atoms with van der Waals surface area (Å²) >= 11 is 5.94. The molecule has 18 heavy (non-hydrogen) atoms. The number of halogens is 1. The highest BCUT2D eigenvalue weighted by atomic mass is 35.5. The number of anilines is 1. The van der Waals surface area contributed by atoms with E-state index in [2.05, 4.69) is 10.4 Å². The van der Waals surface area contributed by atoms with Crippen LogP contribution >= 0.6 is 11.6 Å². The first-order chi connectivity index (χ1) is 8.76. The lowest BCUT2D eigenvalue weighted by molar-refractivity contribution is 0.629. The highest BCUT2D eigenvalue weighted by Gasteiger charge is 2.08. The van der Waals surface area contributed by atoms with Crippen molar-refractivity contribution in [3.63, 3.8) is 0 Å². The molecule has 2 heterocycles. The number of nitrogens with zero attached hydrogens (tertiary/aromatic N) is 1. The van der Waals surface area contributed by atoms with Crippen LogP contribution in [0.15, 0.2) is 47.0 Å². The van der Waals surface area contributed by atoms with Gasteiger partial charge in [0.2, 0.25) is 0 Å². The first-order valence-electron chi connectivity index (χ1n) is 5.38. The van der Waals surface area contributed by atoms with Gasteiger partial charge < -0.3 is 9.84 Å². The molecular formula is C13H10ClN3O. The fourth-order valence-electron chi connectivity index (χ4n) is 1.80. The molecule has 3 rings (SSSR count). The second-order valence-corrected chi connectivity index (χ2v) is 4.30. The summed E-state index contributed by atoms with van der Waals surface area (Å²) in [6, 6.07) is 11.0. The Kier molecular flexibility index (Phi) is 2.66. The van der Waals surface area contributed by atoms with Gasteiger partial charge in [0.15, 0.2) is 5.76 Å². The molecule has 3 aromatic rings. The number of aromatic nitrogens is 1. The zero-order chi connectivity index (χ0) is 12.5. The molecule has 0 radical (unpaired) electrons. The van der Waals surface area contributed by atoms with Crippen molar-refractivity contribution >= 4 is 28.3 Å². The third-order valence-corrected chi connectivity index (χ3v) is 2.89. The molecule has 0 aliphatic rings. The van der Waals surface area contributed by atoms with E-state index in [1.165, 1.54) is 0 Å². The third-order valence-electron chi connectivity index (χ3n) is 2.66. The summed E-state index contributed by atoms with van der Waals surface area (Å²) in [4.78, 5) is 4.25. The number of nitrogens with one attached hydrogen (secondary N) is 1. The third kappa shape index (κ3) is 1.92. The predicted octanol–water partition coefficient (Wildman–Crippen LogP) is 3.43. The largest absolute Gasteiger partial charge is 0.454 e. The molecule has 5 heteroatoms. The summed E-state index contributed by atoms with van der Waals surface area (Å²) < 4.78 is 5.72. The molecule has 90 valence electrons. The lowest BCUT2D eigenvalue weighted by Crippen LogP contribution is -2.06. The van der Waals surface area contributed by atoms with Crippen molar-refractivity contribution in [2.24, 2.45) is 5.84 Å². The highest BCUT2D eigenvalue weighted by molar-refractivity contribution is 6.31. The first kappa shape index (κ1) is 11.1. The van der Waals surface area contributed by atoms with E-state index in [0.717, 1.165) is 22.4 Å². The van der Waals surface area contributed by atoms with Crippen molar-refractivity contribution in [2.75, 3.05) is 5.43 Å². The molecule has 0 saturated heterocycles. The van der Waals surface area contributed by atoms with Gasteiger partial charge in [-0.25, -0.2) is 0 Å². The molecule has 0 aliphatic heterocycles. The van der Waals surface area contributed by atoms with E-state index in [9.17, 15) is 0 Å². The van der Waals surface area contributed by atoms with Gasteiger partial charge >= 0.3 is 0 Å². The molecule has 0 bridgehead atoms. The lowest BCUT2D eigenvalue weighted by Gasteiger charge is -2.00. The summed E-state index contributed by atoms with van der Waals surface area (Å²) in [6.45, 7) is 0. The number of hydrogen-bond donors (Lipinski definition) is 2. The molecule has 0 atom stereocenters. The van der Waals surface area contributed by atoms with Crippen molar-refractivity contribution < 1.29 is 4.42 Å². The van der Waals surface area contributed by atoms with Crippen LogP contribution in [-0.4, -0.2) is 4.98 Å². The minimum atomic E-state index is 0.681. The number of pyridine rings is 1. The molecule has 4 nitrogen and oxygen atoms in total.